The van der Waals surface area contributed by atoms with Gasteiger partial charge in [0.25, 0.3) is 0 Å². The summed E-state index contributed by atoms with van der Waals surface area (Å²) < 4.78 is 33.3. The average molecular weight is 418 g/mol. The van der Waals surface area contributed by atoms with Crippen LogP contribution in [0.2, 0.25) is 5.15 Å². The lowest BCUT2D eigenvalue weighted by molar-refractivity contribution is 0.0174. The molecule has 0 spiro atoms. The monoisotopic (exact) mass is 417 g/mol. The third-order valence-corrected chi connectivity index (χ3v) is 6.46. The molecule has 1 N–H and O–H groups in total. The van der Waals surface area contributed by atoms with E-state index in [9.17, 15) is 13.2 Å². The molecule has 1 aliphatic heterocycles. The summed E-state index contributed by atoms with van der Waals surface area (Å²) in [4.78, 5) is 17.8. The van der Waals surface area contributed by atoms with Gasteiger partial charge in [-0.3, -0.25) is 0 Å². The summed E-state index contributed by atoms with van der Waals surface area (Å²) in [5.41, 5.74) is 0.0829. The van der Waals surface area contributed by atoms with Crippen LogP contribution in [0.5, 0.6) is 0 Å². The molecule has 1 fully saturated rings. The van der Waals surface area contributed by atoms with Gasteiger partial charge in [0, 0.05) is 25.3 Å². The number of carbonyl (C=O) groups is 1. The highest BCUT2D eigenvalue weighted by Gasteiger charge is 2.31. The second-order valence-corrected chi connectivity index (χ2v) is 10.1. The Bertz CT molecular complexity index is 784. The van der Waals surface area contributed by atoms with Gasteiger partial charge >= 0.3 is 6.09 Å². The van der Waals surface area contributed by atoms with Crippen LogP contribution in [0.15, 0.2) is 17.2 Å². The fraction of sp³-hybridized carbons (Fsp3) is 0.667. The number of aromatic nitrogens is 1. The predicted molar refractivity (Wildman–Crippen MR) is 104 cm³/mol. The van der Waals surface area contributed by atoms with Gasteiger partial charge in [0.05, 0.1) is 0 Å². The molecule has 1 aliphatic rings. The third kappa shape index (κ3) is 6.05. The maximum Gasteiger partial charge on any atom is 0.410 e. The zero-order valence-electron chi connectivity index (χ0n) is 16.5. The molecule has 1 aromatic rings. The van der Waals surface area contributed by atoms with Gasteiger partial charge < -0.3 is 9.64 Å². The van der Waals surface area contributed by atoms with Gasteiger partial charge in [-0.05, 0) is 65.0 Å². The Morgan fingerprint density at radius 3 is 2.48 bits per heavy atom. The van der Waals surface area contributed by atoms with Gasteiger partial charge in [-0.2, -0.15) is 0 Å². The van der Waals surface area contributed by atoms with E-state index in [1.165, 1.54) is 12.3 Å². The van der Waals surface area contributed by atoms with Gasteiger partial charge in [0.15, 0.2) is 0 Å². The Balaban J connectivity index is 1.94. The standard InChI is InChI=1S/C18H28ClN3O4S/c1-12-10-15(11-20-16(12)19)27(24,25)21-13(2)14-6-8-22(9-7-14)17(23)26-18(3,4)5/h10-11,13-14,21H,6-9H2,1-5H3/t13-/m1/s1. The van der Waals surface area contributed by atoms with Crippen molar-refractivity contribution in [3.05, 3.63) is 23.0 Å². The molecule has 1 amide bonds. The molecule has 1 saturated heterocycles. The van der Waals surface area contributed by atoms with Crippen molar-refractivity contribution in [1.29, 1.82) is 0 Å². The summed E-state index contributed by atoms with van der Waals surface area (Å²) in [5.74, 6) is 0.139. The summed E-state index contributed by atoms with van der Waals surface area (Å²) >= 11 is 5.87. The fourth-order valence-electron chi connectivity index (χ4n) is 3.00. The number of piperidine rings is 1. The summed E-state index contributed by atoms with van der Waals surface area (Å²) in [5, 5.41) is 0.288. The van der Waals surface area contributed by atoms with Gasteiger partial charge in [0.2, 0.25) is 10.0 Å². The van der Waals surface area contributed by atoms with Crippen molar-refractivity contribution in [2.24, 2.45) is 5.92 Å². The van der Waals surface area contributed by atoms with E-state index in [1.807, 2.05) is 27.7 Å². The highest BCUT2D eigenvalue weighted by molar-refractivity contribution is 7.89. The van der Waals surface area contributed by atoms with Crippen molar-refractivity contribution < 1.29 is 17.9 Å². The second kappa shape index (κ2) is 8.32. The van der Waals surface area contributed by atoms with Crippen LogP contribution in [-0.4, -0.2) is 49.1 Å². The van der Waals surface area contributed by atoms with Gasteiger partial charge in [-0.25, -0.2) is 22.9 Å². The summed E-state index contributed by atoms with van der Waals surface area (Å²) in [7, 11) is -3.68. The Morgan fingerprint density at radius 1 is 1.37 bits per heavy atom. The van der Waals surface area contributed by atoms with E-state index in [-0.39, 0.29) is 28.1 Å². The van der Waals surface area contributed by atoms with Crippen molar-refractivity contribution in [2.75, 3.05) is 13.1 Å². The number of aryl methyl sites for hydroxylation is 1. The van der Waals surface area contributed by atoms with Crippen molar-refractivity contribution in [3.63, 3.8) is 0 Å². The number of hydrogen-bond acceptors (Lipinski definition) is 5. The van der Waals surface area contributed by atoms with Crippen molar-refractivity contribution >= 4 is 27.7 Å². The smallest absolute Gasteiger partial charge is 0.410 e. The minimum absolute atomic E-state index is 0.0995. The van der Waals surface area contributed by atoms with Crippen molar-refractivity contribution in [2.45, 2.75) is 64.0 Å². The van der Waals surface area contributed by atoms with Crippen LogP contribution < -0.4 is 4.72 Å². The van der Waals surface area contributed by atoms with E-state index in [1.54, 1.807) is 11.8 Å². The van der Waals surface area contributed by atoms with Crippen LogP contribution in [-0.2, 0) is 14.8 Å². The van der Waals surface area contributed by atoms with Gasteiger partial charge in [0.1, 0.15) is 15.6 Å². The lowest BCUT2D eigenvalue weighted by Gasteiger charge is -2.35. The summed E-state index contributed by atoms with van der Waals surface area (Å²) in [6, 6.07) is 1.25. The van der Waals surface area contributed by atoms with E-state index in [2.05, 4.69) is 9.71 Å². The maximum absolute atomic E-state index is 12.6. The van der Waals surface area contributed by atoms with Crippen LogP contribution in [0.1, 0.15) is 46.1 Å². The van der Waals surface area contributed by atoms with Crippen LogP contribution in [0.25, 0.3) is 0 Å². The van der Waals surface area contributed by atoms with Crippen molar-refractivity contribution in [1.82, 2.24) is 14.6 Å². The highest BCUT2D eigenvalue weighted by Crippen LogP contribution is 2.24. The van der Waals surface area contributed by atoms with Crippen LogP contribution in [0, 0.1) is 12.8 Å². The molecular weight excluding hydrogens is 390 g/mol. The first-order valence-electron chi connectivity index (χ1n) is 9.01. The first-order valence-corrected chi connectivity index (χ1v) is 10.9. The Labute approximate surface area is 166 Å². The molecule has 152 valence electrons. The Hall–Kier alpha value is -1.38. The van der Waals surface area contributed by atoms with Gasteiger partial charge in [-0.15, -0.1) is 0 Å². The highest BCUT2D eigenvalue weighted by atomic mass is 35.5. The topological polar surface area (TPSA) is 88.6 Å². The van der Waals surface area contributed by atoms with E-state index in [4.69, 9.17) is 16.3 Å². The maximum atomic E-state index is 12.6. The van der Waals surface area contributed by atoms with Crippen LogP contribution >= 0.6 is 11.6 Å². The fourth-order valence-corrected chi connectivity index (χ4v) is 4.44. The number of sulfonamides is 1. The van der Waals surface area contributed by atoms with E-state index in [0.29, 0.717) is 31.5 Å². The number of amides is 1. The lowest BCUT2D eigenvalue weighted by atomic mass is 9.91. The largest absolute Gasteiger partial charge is 0.444 e. The number of nitrogens with one attached hydrogen (secondary N) is 1. The third-order valence-electron chi connectivity index (χ3n) is 4.54. The SMILES string of the molecule is Cc1cc(S(=O)(=O)N[C@H](C)C2CCN(C(=O)OC(C)(C)C)CC2)cnc1Cl. The number of pyridine rings is 1. The zero-order chi connectivity index (χ0) is 20.4. The first-order chi connectivity index (χ1) is 12.4. The molecule has 0 aliphatic carbocycles. The lowest BCUT2D eigenvalue weighted by Crippen LogP contribution is -2.46. The van der Waals surface area contributed by atoms with Crippen LogP contribution in [0.4, 0.5) is 4.79 Å². The molecule has 27 heavy (non-hydrogen) atoms. The number of likely N-dealkylation sites (tertiary alicyclic amines) is 1. The molecule has 0 aromatic carbocycles. The number of hydrogen-bond donors (Lipinski definition) is 1. The molecule has 1 aromatic heterocycles. The second-order valence-electron chi connectivity index (χ2n) is 7.99. The molecular formula is C18H28ClN3O4S. The number of nitrogens with zero attached hydrogens (tertiary/aromatic N) is 2. The molecule has 0 saturated carbocycles. The molecule has 1 atom stereocenters. The molecule has 0 radical (unpaired) electrons. The summed E-state index contributed by atoms with van der Waals surface area (Å²) in [6.45, 7) is 10.2. The molecule has 0 bridgehead atoms. The quantitative estimate of drug-likeness (QED) is 0.759. The Morgan fingerprint density at radius 2 is 1.96 bits per heavy atom. The first kappa shape index (κ1) is 21.9. The predicted octanol–water partition coefficient (Wildman–Crippen LogP) is 3.36. The van der Waals surface area contributed by atoms with E-state index >= 15 is 0 Å². The molecule has 0 unspecified atom stereocenters. The number of ether oxygens (including phenoxy) is 1. The average Bonchev–Trinajstić information content (AvgIpc) is 2.55. The normalized spacial score (nSPS) is 17.6. The van der Waals surface area contributed by atoms with E-state index < -0.39 is 15.6 Å². The van der Waals surface area contributed by atoms with Crippen LogP contribution in [0.3, 0.4) is 0 Å². The van der Waals surface area contributed by atoms with Crippen molar-refractivity contribution in [3.8, 4) is 0 Å². The Kier molecular flexibility index (Phi) is 6.76. The molecule has 9 heteroatoms. The molecule has 2 rings (SSSR count). The molecule has 7 nitrogen and oxygen atoms in total. The zero-order valence-corrected chi connectivity index (χ0v) is 18.0. The van der Waals surface area contributed by atoms with Gasteiger partial charge in [-0.1, -0.05) is 11.6 Å². The van der Waals surface area contributed by atoms with E-state index in [0.717, 1.165) is 0 Å². The molecule has 2 heterocycles. The number of halogens is 1. The minimum atomic E-state index is -3.68. The summed E-state index contributed by atoms with van der Waals surface area (Å²) in [6.07, 6.45) is 2.36. The number of rotatable bonds is 4. The number of carbonyl (C=O) groups excluding carboxylic acids is 1. The minimum Gasteiger partial charge on any atom is -0.444 e.